The maximum absolute atomic E-state index is 13.4. The molecule has 0 aliphatic carbocycles. The fraction of sp³-hybridized carbons (Fsp3) is 0.259. The number of nitrogens with one attached hydrogen (secondary N) is 1. The van der Waals surface area contributed by atoms with E-state index in [4.69, 9.17) is 9.47 Å². The maximum atomic E-state index is 13.4. The largest absolute Gasteiger partial charge is 0.497 e. The summed E-state index contributed by atoms with van der Waals surface area (Å²) in [5.74, 6) is 0.789. The Labute approximate surface area is 209 Å². The smallest absolute Gasteiger partial charge is 0.261 e. The second kappa shape index (κ2) is 12.8. The summed E-state index contributed by atoms with van der Waals surface area (Å²) in [7, 11) is 1.59. The zero-order chi connectivity index (χ0) is 24.3. The number of carbonyl (C=O) groups excluding carboxylic acids is 2. The molecule has 34 heavy (non-hydrogen) atoms. The summed E-state index contributed by atoms with van der Waals surface area (Å²) < 4.78 is 11.9. The Balaban J connectivity index is 1.85. The van der Waals surface area contributed by atoms with E-state index in [0.717, 1.165) is 15.6 Å². The second-order valence-corrected chi connectivity index (χ2v) is 8.63. The Hall–Kier alpha value is -3.32. The highest BCUT2D eigenvalue weighted by Gasteiger charge is 2.30. The average Bonchev–Trinajstić information content (AvgIpc) is 2.87. The normalized spacial score (nSPS) is 11.4. The van der Waals surface area contributed by atoms with Gasteiger partial charge < -0.3 is 19.7 Å². The van der Waals surface area contributed by atoms with Crippen molar-refractivity contribution in [3.63, 3.8) is 0 Å². The minimum Gasteiger partial charge on any atom is -0.497 e. The number of halogens is 1. The molecule has 0 aliphatic heterocycles. The minimum absolute atomic E-state index is 0.187. The van der Waals surface area contributed by atoms with E-state index in [1.165, 1.54) is 0 Å². The highest BCUT2D eigenvalue weighted by molar-refractivity contribution is 9.10. The molecule has 3 rings (SSSR count). The molecule has 6 nitrogen and oxygen atoms in total. The number of rotatable bonds is 11. The van der Waals surface area contributed by atoms with Crippen molar-refractivity contribution in [3.8, 4) is 11.5 Å². The number of nitrogens with zero attached hydrogens (tertiary/aromatic N) is 1. The van der Waals surface area contributed by atoms with Gasteiger partial charge in [-0.2, -0.15) is 0 Å². The summed E-state index contributed by atoms with van der Waals surface area (Å²) in [6, 6.07) is 23.8. The summed E-state index contributed by atoms with van der Waals surface area (Å²) in [5.41, 5.74) is 1.90. The third-order valence-electron chi connectivity index (χ3n) is 5.31. The van der Waals surface area contributed by atoms with Gasteiger partial charge in [0, 0.05) is 24.0 Å². The molecule has 7 heteroatoms. The number of likely N-dealkylation sites (N-methyl/N-ethyl adjacent to an activating group) is 1. The molecule has 0 spiro atoms. The van der Waals surface area contributed by atoms with Crippen molar-refractivity contribution in [2.45, 2.75) is 25.9 Å². The Kier molecular flexibility index (Phi) is 9.52. The number of hydrogen-bond acceptors (Lipinski definition) is 4. The van der Waals surface area contributed by atoms with Gasteiger partial charge in [-0.25, -0.2) is 0 Å². The predicted molar refractivity (Wildman–Crippen MR) is 136 cm³/mol. The van der Waals surface area contributed by atoms with Crippen molar-refractivity contribution < 1.29 is 19.1 Å². The number of hydrogen-bond donors (Lipinski definition) is 1. The van der Waals surface area contributed by atoms with Crippen LogP contribution >= 0.6 is 15.9 Å². The van der Waals surface area contributed by atoms with E-state index in [-0.39, 0.29) is 25.0 Å². The molecule has 0 heterocycles. The summed E-state index contributed by atoms with van der Waals surface area (Å²) >= 11 is 3.44. The van der Waals surface area contributed by atoms with E-state index in [9.17, 15) is 9.59 Å². The van der Waals surface area contributed by atoms with Crippen LogP contribution in [0, 0.1) is 0 Å². The first-order valence-corrected chi connectivity index (χ1v) is 11.9. The standard InChI is InChI=1S/C27H29BrN2O4/c1-3-29-27(32)25(17-20-7-5-4-6-8-20)30(18-21-9-11-22(28)12-10-21)26(31)19-34-24-15-13-23(33-2)14-16-24/h4-16,25H,3,17-19H2,1-2H3,(H,29,32)/t25-/m1/s1. The molecule has 3 aromatic rings. The van der Waals surface area contributed by atoms with Gasteiger partial charge in [0.1, 0.15) is 17.5 Å². The molecule has 0 fully saturated rings. The molecular weight excluding hydrogens is 496 g/mol. The van der Waals surface area contributed by atoms with Crippen molar-refractivity contribution in [1.82, 2.24) is 10.2 Å². The third kappa shape index (κ3) is 7.35. The van der Waals surface area contributed by atoms with Crippen molar-refractivity contribution in [3.05, 3.63) is 94.5 Å². The Morgan fingerprint density at radius 1 is 0.912 bits per heavy atom. The highest BCUT2D eigenvalue weighted by atomic mass is 79.9. The van der Waals surface area contributed by atoms with Gasteiger partial charge in [-0.05, 0) is 54.4 Å². The molecule has 178 valence electrons. The lowest BCUT2D eigenvalue weighted by Gasteiger charge is -2.31. The van der Waals surface area contributed by atoms with Crippen LogP contribution in [0.3, 0.4) is 0 Å². The van der Waals surface area contributed by atoms with Crippen LogP contribution in [0.15, 0.2) is 83.3 Å². The second-order valence-electron chi connectivity index (χ2n) is 7.71. The van der Waals surface area contributed by atoms with Crippen molar-refractivity contribution in [1.29, 1.82) is 0 Å². The molecule has 1 atom stereocenters. The van der Waals surface area contributed by atoms with Crippen LogP contribution in [0.1, 0.15) is 18.1 Å². The zero-order valence-corrected chi connectivity index (χ0v) is 21.0. The number of methoxy groups -OCH3 is 1. The summed E-state index contributed by atoms with van der Waals surface area (Å²) in [6.07, 6.45) is 0.400. The van der Waals surface area contributed by atoms with E-state index in [2.05, 4.69) is 21.2 Å². The first-order valence-electron chi connectivity index (χ1n) is 11.1. The lowest BCUT2D eigenvalue weighted by atomic mass is 10.0. The fourth-order valence-corrected chi connectivity index (χ4v) is 3.80. The van der Waals surface area contributed by atoms with Gasteiger partial charge in [-0.3, -0.25) is 9.59 Å². The van der Waals surface area contributed by atoms with E-state index >= 15 is 0 Å². The molecule has 0 saturated heterocycles. The van der Waals surface area contributed by atoms with Gasteiger partial charge in [0.15, 0.2) is 6.61 Å². The fourth-order valence-electron chi connectivity index (χ4n) is 3.53. The topological polar surface area (TPSA) is 67.9 Å². The quantitative estimate of drug-likeness (QED) is 0.397. The van der Waals surface area contributed by atoms with Gasteiger partial charge in [0.2, 0.25) is 5.91 Å². The van der Waals surface area contributed by atoms with E-state index in [1.54, 1.807) is 36.3 Å². The molecule has 0 radical (unpaired) electrons. The minimum atomic E-state index is -0.682. The summed E-state index contributed by atoms with van der Waals surface area (Å²) in [6.45, 7) is 2.44. The average molecular weight is 525 g/mol. The van der Waals surface area contributed by atoms with Crippen LogP contribution in [0.5, 0.6) is 11.5 Å². The molecule has 0 aliphatic rings. The molecular formula is C27H29BrN2O4. The van der Waals surface area contributed by atoms with Crippen LogP contribution in [0.4, 0.5) is 0 Å². The lowest BCUT2D eigenvalue weighted by Crippen LogP contribution is -2.51. The van der Waals surface area contributed by atoms with Gasteiger partial charge >= 0.3 is 0 Å². The van der Waals surface area contributed by atoms with E-state index in [0.29, 0.717) is 24.5 Å². The maximum Gasteiger partial charge on any atom is 0.261 e. The molecule has 2 amide bonds. The first-order chi connectivity index (χ1) is 16.5. The van der Waals surface area contributed by atoms with E-state index < -0.39 is 6.04 Å². The lowest BCUT2D eigenvalue weighted by molar-refractivity contribution is -0.142. The number of carbonyl (C=O) groups is 2. The van der Waals surface area contributed by atoms with Crippen LogP contribution in [0.25, 0.3) is 0 Å². The Morgan fingerprint density at radius 2 is 1.56 bits per heavy atom. The summed E-state index contributed by atoms with van der Waals surface area (Å²) in [4.78, 5) is 28.2. The predicted octanol–water partition coefficient (Wildman–Crippen LogP) is 4.61. The van der Waals surface area contributed by atoms with Gasteiger partial charge in [0.05, 0.1) is 7.11 Å². The van der Waals surface area contributed by atoms with Gasteiger partial charge in [-0.1, -0.05) is 58.4 Å². The SMILES string of the molecule is CCNC(=O)[C@@H](Cc1ccccc1)N(Cc1ccc(Br)cc1)C(=O)COc1ccc(OC)cc1. The molecule has 0 saturated carbocycles. The van der Waals surface area contributed by atoms with Crippen LogP contribution in [-0.2, 0) is 22.6 Å². The number of benzene rings is 3. The van der Waals surface area contributed by atoms with Crippen LogP contribution in [-0.4, -0.2) is 43.0 Å². The van der Waals surface area contributed by atoms with Crippen LogP contribution < -0.4 is 14.8 Å². The Bertz CT molecular complexity index is 1060. The van der Waals surface area contributed by atoms with Crippen LogP contribution in [0.2, 0.25) is 0 Å². The molecule has 0 aromatic heterocycles. The zero-order valence-electron chi connectivity index (χ0n) is 19.4. The van der Waals surface area contributed by atoms with Crippen molar-refractivity contribution in [2.75, 3.05) is 20.3 Å². The first kappa shape index (κ1) is 25.3. The molecule has 0 bridgehead atoms. The monoisotopic (exact) mass is 524 g/mol. The number of ether oxygens (including phenoxy) is 2. The molecule has 1 N–H and O–H groups in total. The molecule has 0 unspecified atom stereocenters. The third-order valence-corrected chi connectivity index (χ3v) is 5.84. The van der Waals surface area contributed by atoms with Crippen molar-refractivity contribution in [2.24, 2.45) is 0 Å². The van der Waals surface area contributed by atoms with Gasteiger partial charge in [-0.15, -0.1) is 0 Å². The van der Waals surface area contributed by atoms with Crippen molar-refractivity contribution >= 4 is 27.7 Å². The number of amides is 2. The van der Waals surface area contributed by atoms with E-state index in [1.807, 2.05) is 61.5 Å². The summed E-state index contributed by atoms with van der Waals surface area (Å²) in [5, 5.41) is 2.89. The Morgan fingerprint density at radius 3 is 2.18 bits per heavy atom. The highest BCUT2D eigenvalue weighted by Crippen LogP contribution is 2.19. The molecule has 3 aromatic carbocycles. The van der Waals surface area contributed by atoms with Gasteiger partial charge in [0.25, 0.3) is 5.91 Å².